The van der Waals surface area contributed by atoms with Gasteiger partial charge in [-0.25, -0.2) is 9.18 Å². The zero-order chi connectivity index (χ0) is 21.3. The fourth-order valence-corrected chi connectivity index (χ4v) is 3.82. The third-order valence-electron chi connectivity index (χ3n) is 4.58. The van der Waals surface area contributed by atoms with E-state index in [1.54, 1.807) is 31.2 Å². The van der Waals surface area contributed by atoms with Gasteiger partial charge in [-0.05, 0) is 31.2 Å². The fraction of sp³-hybridized carbons (Fsp3) is 0.200. The van der Waals surface area contributed by atoms with Gasteiger partial charge in [0.05, 0.1) is 12.1 Å². The molecule has 1 atom stereocenters. The molecule has 3 rings (SSSR count). The molecule has 150 valence electrons. The number of rotatable bonds is 5. The summed E-state index contributed by atoms with van der Waals surface area (Å²) in [4.78, 5) is 49.7. The van der Waals surface area contributed by atoms with E-state index in [2.05, 4.69) is 26.6 Å². The van der Waals surface area contributed by atoms with Crippen molar-refractivity contribution in [3.8, 4) is 0 Å². The van der Waals surface area contributed by atoms with E-state index in [0.29, 0.717) is 10.0 Å². The maximum atomic E-state index is 14.3. The lowest BCUT2D eigenvalue weighted by Gasteiger charge is -2.23. The molecule has 2 aromatic carbocycles. The highest BCUT2D eigenvalue weighted by Gasteiger charge is 2.50. The molecular weight excluding hydrogens is 445 g/mol. The van der Waals surface area contributed by atoms with E-state index >= 15 is 0 Å². The highest BCUT2D eigenvalue weighted by atomic mass is 79.9. The topological polar surface area (TPSA) is 95.6 Å². The van der Waals surface area contributed by atoms with Crippen molar-refractivity contribution in [2.75, 3.05) is 11.9 Å². The summed E-state index contributed by atoms with van der Waals surface area (Å²) in [5.74, 6) is -2.59. The molecule has 7 nitrogen and oxygen atoms in total. The molecule has 0 aromatic heterocycles. The molecule has 0 unspecified atom stereocenters. The Morgan fingerprint density at radius 3 is 2.52 bits per heavy atom. The van der Waals surface area contributed by atoms with Gasteiger partial charge in [-0.3, -0.25) is 19.3 Å². The smallest absolute Gasteiger partial charge is 0.325 e. The van der Waals surface area contributed by atoms with Crippen molar-refractivity contribution in [1.82, 2.24) is 10.2 Å². The van der Waals surface area contributed by atoms with Crippen molar-refractivity contribution < 1.29 is 23.6 Å². The molecule has 0 bridgehead atoms. The first-order chi connectivity index (χ1) is 13.6. The lowest BCUT2D eigenvalue weighted by molar-refractivity contribution is -0.130. The minimum atomic E-state index is -1.36. The second kappa shape index (κ2) is 7.75. The van der Waals surface area contributed by atoms with Crippen LogP contribution in [0.1, 0.15) is 29.8 Å². The normalized spacial score (nSPS) is 18.6. The summed E-state index contributed by atoms with van der Waals surface area (Å²) in [5, 5.41) is 5.01. The number of hydrogen-bond donors (Lipinski definition) is 2. The Morgan fingerprint density at radius 2 is 1.90 bits per heavy atom. The Balaban J connectivity index is 1.83. The summed E-state index contributed by atoms with van der Waals surface area (Å²) >= 11 is 3.36. The summed E-state index contributed by atoms with van der Waals surface area (Å²) < 4.78 is 14.9. The summed E-state index contributed by atoms with van der Waals surface area (Å²) in [6, 6.07) is 9.76. The largest absolute Gasteiger partial charge is 0.326 e. The Kier molecular flexibility index (Phi) is 5.52. The molecule has 0 saturated carbocycles. The van der Waals surface area contributed by atoms with Crippen LogP contribution in [0.4, 0.5) is 14.9 Å². The highest BCUT2D eigenvalue weighted by molar-refractivity contribution is 9.10. The quantitative estimate of drug-likeness (QED) is 0.527. The number of halogens is 2. The van der Waals surface area contributed by atoms with Crippen LogP contribution >= 0.6 is 15.9 Å². The number of urea groups is 1. The third kappa shape index (κ3) is 3.91. The molecule has 1 aliphatic rings. The first kappa shape index (κ1) is 20.7. The first-order valence-corrected chi connectivity index (χ1v) is 9.42. The number of amides is 4. The van der Waals surface area contributed by atoms with Crippen LogP contribution in [0.5, 0.6) is 0 Å². The molecule has 2 N–H and O–H groups in total. The van der Waals surface area contributed by atoms with Crippen LogP contribution in [-0.2, 0) is 15.1 Å². The van der Waals surface area contributed by atoms with Crippen molar-refractivity contribution in [3.63, 3.8) is 0 Å². The number of benzene rings is 2. The molecular formula is C20H17BrFN3O4. The van der Waals surface area contributed by atoms with Gasteiger partial charge in [0.2, 0.25) is 5.91 Å². The average Bonchev–Trinajstić information content (AvgIpc) is 2.85. The van der Waals surface area contributed by atoms with Gasteiger partial charge in [0.1, 0.15) is 11.4 Å². The number of nitrogens with one attached hydrogen (secondary N) is 2. The molecule has 0 spiro atoms. The number of Topliss-reactive ketones (excluding diaryl/α,β-unsaturated/α-hetero) is 1. The maximum Gasteiger partial charge on any atom is 0.325 e. The minimum absolute atomic E-state index is 0.197. The highest BCUT2D eigenvalue weighted by Crippen LogP contribution is 2.33. The third-order valence-corrected chi connectivity index (χ3v) is 5.27. The molecule has 0 radical (unpaired) electrons. The zero-order valence-electron chi connectivity index (χ0n) is 15.6. The van der Waals surface area contributed by atoms with Gasteiger partial charge in [0.15, 0.2) is 5.78 Å². The van der Waals surface area contributed by atoms with Crippen LogP contribution in [0, 0.1) is 5.82 Å². The molecule has 1 heterocycles. The van der Waals surface area contributed by atoms with Crippen LogP contribution in [0.2, 0.25) is 0 Å². The van der Waals surface area contributed by atoms with E-state index in [-0.39, 0.29) is 17.2 Å². The van der Waals surface area contributed by atoms with Gasteiger partial charge in [-0.2, -0.15) is 0 Å². The monoisotopic (exact) mass is 461 g/mol. The second-order valence-corrected chi connectivity index (χ2v) is 7.58. The predicted molar refractivity (Wildman–Crippen MR) is 107 cm³/mol. The first-order valence-electron chi connectivity index (χ1n) is 8.63. The number of carbonyl (C=O) groups excluding carboxylic acids is 4. The molecule has 29 heavy (non-hydrogen) atoms. The van der Waals surface area contributed by atoms with Crippen LogP contribution < -0.4 is 10.6 Å². The van der Waals surface area contributed by atoms with Gasteiger partial charge < -0.3 is 10.6 Å². The van der Waals surface area contributed by atoms with E-state index in [4.69, 9.17) is 0 Å². The predicted octanol–water partition coefficient (Wildman–Crippen LogP) is 3.20. The minimum Gasteiger partial charge on any atom is -0.326 e. The van der Waals surface area contributed by atoms with Crippen LogP contribution in [0.15, 0.2) is 46.9 Å². The van der Waals surface area contributed by atoms with Gasteiger partial charge in [0.25, 0.3) is 5.91 Å². The fourth-order valence-electron chi connectivity index (χ4n) is 3.14. The summed E-state index contributed by atoms with van der Waals surface area (Å²) in [6.45, 7) is 2.21. The van der Waals surface area contributed by atoms with Gasteiger partial charge in [-0.15, -0.1) is 0 Å². The molecule has 1 fully saturated rings. The van der Waals surface area contributed by atoms with Crippen molar-refractivity contribution in [1.29, 1.82) is 0 Å². The molecule has 4 amide bonds. The Bertz CT molecular complexity index is 1040. The number of imide groups is 1. The Morgan fingerprint density at radius 1 is 1.21 bits per heavy atom. The molecule has 1 saturated heterocycles. The molecule has 1 aliphatic heterocycles. The van der Waals surface area contributed by atoms with E-state index < -0.39 is 35.6 Å². The van der Waals surface area contributed by atoms with Crippen molar-refractivity contribution in [3.05, 3.63) is 63.9 Å². The lowest BCUT2D eigenvalue weighted by atomic mass is 9.92. The van der Waals surface area contributed by atoms with Crippen LogP contribution in [-0.4, -0.2) is 35.1 Å². The van der Waals surface area contributed by atoms with Crippen LogP contribution in [0.3, 0.4) is 0 Å². The van der Waals surface area contributed by atoms with Crippen molar-refractivity contribution in [2.24, 2.45) is 0 Å². The van der Waals surface area contributed by atoms with E-state index in [0.717, 1.165) is 11.0 Å². The van der Waals surface area contributed by atoms with E-state index in [1.807, 2.05) is 0 Å². The van der Waals surface area contributed by atoms with E-state index in [1.165, 1.54) is 19.1 Å². The lowest BCUT2D eigenvalue weighted by Crippen LogP contribution is -2.41. The van der Waals surface area contributed by atoms with E-state index in [9.17, 15) is 23.6 Å². The summed E-state index contributed by atoms with van der Waals surface area (Å²) in [6.07, 6.45) is 0. The molecule has 2 aromatic rings. The Labute approximate surface area is 174 Å². The van der Waals surface area contributed by atoms with Gasteiger partial charge in [-0.1, -0.05) is 34.1 Å². The second-order valence-electron chi connectivity index (χ2n) is 6.73. The maximum absolute atomic E-state index is 14.3. The summed E-state index contributed by atoms with van der Waals surface area (Å²) in [5.41, 5.74) is -0.901. The number of nitrogens with zero attached hydrogens (tertiary/aromatic N) is 1. The number of ketones is 1. The van der Waals surface area contributed by atoms with Crippen LogP contribution in [0.25, 0.3) is 0 Å². The van der Waals surface area contributed by atoms with Crippen molar-refractivity contribution in [2.45, 2.75) is 19.4 Å². The molecule has 0 aliphatic carbocycles. The SMILES string of the molecule is CC(=O)Nc1ccc(C(=O)CN2C(=O)N[C@@](C)(c3ccccc3Br)C2=O)c(F)c1. The number of hydrogen-bond acceptors (Lipinski definition) is 4. The number of anilines is 1. The van der Waals surface area contributed by atoms with Gasteiger partial charge in [0, 0.05) is 22.6 Å². The van der Waals surface area contributed by atoms with Gasteiger partial charge >= 0.3 is 6.03 Å². The molecule has 9 heteroatoms. The zero-order valence-corrected chi connectivity index (χ0v) is 17.2. The standard InChI is InChI=1S/C20H17BrFN3O4/c1-11(26)23-12-7-8-13(16(22)9-12)17(27)10-25-18(28)20(2,24-19(25)29)14-5-3-4-6-15(14)21/h3-9H,10H2,1-2H3,(H,23,26)(H,24,29)/t20-/m0/s1. The summed E-state index contributed by atoms with van der Waals surface area (Å²) in [7, 11) is 0. The average molecular weight is 462 g/mol. The Hall–Kier alpha value is -3.07. The van der Waals surface area contributed by atoms with Crippen molar-refractivity contribution >= 4 is 45.2 Å². The number of carbonyl (C=O) groups is 4.